The highest BCUT2D eigenvalue weighted by Gasteiger charge is 2.26. The second-order valence-electron chi connectivity index (χ2n) is 7.76. The molecule has 0 bridgehead atoms. The highest BCUT2D eigenvalue weighted by molar-refractivity contribution is 5.89. The van der Waals surface area contributed by atoms with Crippen LogP contribution in [0.3, 0.4) is 0 Å². The Morgan fingerprint density at radius 3 is 2.32 bits per heavy atom. The van der Waals surface area contributed by atoms with Crippen LogP contribution in [-0.4, -0.2) is 46.9 Å². The lowest BCUT2D eigenvalue weighted by atomic mass is 10.0. The second kappa shape index (κ2) is 10.8. The van der Waals surface area contributed by atoms with Gasteiger partial charge in [0, 0.05) is 25.2 Å². The fraction of sp³-hybridized carbons (Fsp3) is 0.409. The third-order valence-electron chi connectivity index (χ3n) is 5.18. The minimum Gasteiger partial charge on any atom is -0.384 e. The predicted molar refractivity (Wildman–Crippen MR) is 115 cm³/mol. The normalized spacial score (nSPS) is 13.2. The van der Waals surface area contributed by atoms with Gasteiger partial charge in [-0.2, -0.15) is 0 Å². The molecular weight excluding hydrogens is 404 g/mol. The summed E-state index contributed by atoms with van der Waals surface area (Å²) in [5, 5.41) is 5.48. The van der Waals surface area contributed by atoms with Crippen molar-refractivity contribution in [1.82, 2.24) is 20.5 Å². The number of pyridine rings is 1. The van der Waals surface area contributed by atoms with Gasteiger partial charge in [-0.25, -0.2) is 13.8 Å². The smallest absolute Gasteiger partial charge is 0.243 e. The number of amides is 2. The molecule has 1 heterocycles. The Balaban J connectivity index is 2.15. The maximum atomic E-state index is 13.6. The van der Waals surface area contributed by atoms with E-state index in [2.05, 4.69) is 15.6 Å². The van der Waals surface area contributed by atoms with Gasteiger partial charge in [-0.3, -0.25) is 14.5 Å². The zero-order valence-corrected chi connectivity index (χ0v) is 18.2. The number of rotatable bonds is 9. The zero-order chi connectivity index (χ0) is 23.1. The molecule has 0 unspecified atom stereocenters. The molecule has 2 rings (SSSR count). The molecule has 0 aliphatic heterocycles. The van der Waals surface area contributed by atoms with Gasteiger partial charge in [-0.1, -0.05) is 12.1 Å². The maximum Gasteiger partial charge on any atom is 0.243 e. The number of hydrogen-bond acceptors (Lipinski definition) is 5. The number of anilines is 1. The van der Waals surface area contributed by atoms with Crippen LogP contribution >= 0.6 is 0 Å². The molecule has 0 saturated carbocycles. The van der Waals surface area contributed by atoms with Crippen molar-refractivity contribution in [3.8, 4) is 0 Å². The minimum absolute atomic E-state index is 0.00682. The highest BCUT2D eigenvalue weighted by atomic mass is 19.2. The number of benzene rings is 1. The number of hydrogen-bond donors (Lipinski definition) is 3. The number of nitrogens with one attached hydrogen (secondary N) is 2. The quantitative estimate of drug-likeness (QED) is 0.562. The Morgan fingerprint density at radius 1 is 1.06 bits per heavy atom. The number of likely N-dealkylation sites (N-methyl/N-ethyl adjacent to an activating group) is 1. The van der Waals surface area contributed by atoms with E-state index in [1.54, 1.807) is 19.1 Å². The van der Waals surface area contributed by atoms with E-state index in [9.17, 15) is 18.4 Å². The number of nitrogens with two attached hydrogens (primary N) is 1. The molecule has 0 saturated heterocycles. The highest BCUT2D eigenvalue weighted by Crippen LogP contribution is 2.12. The van der Waals surface area contributed by atoms with Gasteiger partial charge in [-0.05, 0) is 57.1 Å². The van der Waals surface area contributed by atoms with Gasteiger partial charge in [0.1, 0.15) is 11.9 Å². The molecule has 1 aromatic carbocycles. The molecule has 0 fully saturated rings. The molecule has 9 heteroatoms. The first kappa shape index (κ1) is 24.2. The molecule has 0 aliphatic carbocycles. The first-order chi connectivity index (χ1) is 14.6. The molecule has 7 nitrogen and oxygen atoms in total. The number of carbonyl (C=O) groups excluding carboxylic acids is 2. The van der Waals surface area contributed by atoms with Gasteiger partial charge in [0.2, 0.25) is 11.8 Å². The van der Waals surface area contributed by atoms with Crippen LogP contribution in [0.5, 0.6) is 0 Å². The number of aromatic nitrogens is 1. The predicted octanol–water partition coefficient (Wildman–Crippen LogP) is 2.01. The summed E-state index contributed by atoms with van der Waals surface area (Å²) >= 11 is 0. The van der Waals surface area contributed by atoms with E-state index in [1.807, 2.05) is 25.8 Å². The first-order valence-electron chi connectivity index (χ1n) is 10.0. The van der Waals surface area contributed by atoms with Crippen molar-refractivity contribution in [3.05, 3.63) is 59.3 Å². The van der Waals surface area contributed by atoms with Crippen LogP contribution in [0.25, 0.3) is 0 Å². The van der Waals surface area contributed by atoms with Crippen molar-refractivity contribution in [1.29, 1.82) is 0 Å². The van der Waals surface area contributed by atoms with Crippen LogP contribution in [0.1, 0.15) is 31.9 Å². The van der Waals surface area contributed by atoms with E-state index in [0.29, 0.717) is 11.4 Å². The van der Waals surface area contributed by atoms with Crippen LogP contribution in [0.2, 0.25) is 0 Å². The maximum absolute atomic E-state index is 13.6. The molecule has 2 aromatic rings. The summed E-state index contributed by atoms with van der Waals surface area (Å²) in [7, 11) is 1.81. The standard InChI is InChI=1S/C22H29F2N5O2/c1-13(2)29(4)14(3)21(30)28-19(10-15-5-7-17(23)18(24)9-15)22(31)27-12-16-6-8-20(25)26-11-16/h5-9,11,13-14,19H,10,12H2,1-4H3,(H2,25,26)(H,27,31)(H,28,30)/t14-,19+/m1/s1. The van der Waals surface area contributed by atoms with E-state index in [1.165, 1.54) is 12.3 Å². The summed E-state index contributed by atoms with van der Waals surface area (Å²) in [4.78, 5) is 31.4. The van der Waals surface area contributed by atoms with E-state index < -0.39 is 29.6 Å². The van der Waals surface area contributed by atoms with Crippen molar-refractivity contribution >= 4 is 17.6 Å². The van der Waals surface area contributed by atoms with E-state index in [-0.39, 0.29) is 24.9 Å². The topological polar surface area (TPSA) is 100 Å². The van der Waals surface area contributed by atoms with Crippen molar-refractivity contribution in [2.45, 2.75) is 51.9 Å². The van der Waals surface area contributed by atoms with Crippen LogP contribution in [0.15, 0.2) is 36.5 Å². The Kier molecular flexibility index (Phi) is 8.44. The molecule has 0 radical (unpaired) electrons. The van der Waals surface area contributed by atoms with Gasteiger partial charge < -0.3 is 16.4 Å². The summed E-state index contributed by atoms with van der Waals surface area (Å²) in [6.45, 7) is 5.82. The third-order valence-corrected chi connectivity index (χ3v) is 5.18. The molecule has 2 atom stereocenters. The molecular formula is C22H29F2N5O2. The van der Waals surface area contributed by atoms with Crippen LogP contribution in [-0.2, 0) is 22.6 Å². The molecule has 1 aromatic heterocycles. The monoisotopic (exact) mass is 433 g/mol. The molecule has 31 heavy (non-hydrogen) atoms. The van der Waals surface area contributed by atoms with Crippen LogP contribution in [0.4, 0.5) is 14.6 Å². The summed E-state index contributed by atoms with van der Waals surface area (Å²) < 4.78 is 26.9. The fourth-order valence-corrected chi connectivity index (χ4v) is 2.89. The molecule has 0 spiro atoms. The van der Waals surface area contributed by atoms with Gasteiger partial charge >= 0.3 is 0 Å². The van der Waals surface area contributed by atoms with Gasteiger partial charge in [0.05, 0.1) is 6.04 Å². The lowest BCUT2D eigenvalue weighted by Crippen LogP contribution is -2.53. The lowest BCUT2D eigenvalue weighted by Gasteiger charge is -2.29. The summed E-state index contributed by atoms with van der Waals surface area (Å²) in [6, 6.07) is 5.42. The molecule has 4 N–H and O–H groups in total. The van der Waals surface area contributed by atoms with Crippen molar-refractivity contribution in [3.63, 3.8) is 0 Å². The summed E-state index contributed by atoms with van der Waals surface area (Å²) in [5.74, 6) is -2.41. The third kappa shape index (κ3) is 6.99. The summed E-state index contributed by atoms with van der Waals surface area (Å²) in [6.07, 6.45) is 1.55. The zero-order valence-electron chi connectivity index (χ0n) is 18.2. The Morgan fingerprint density at radius 2 is 1.74 bits per heavy atom. The second-order valence-corrected chi connectivity index (χ2v) is 7.76. The SMILES string of the molecule is CC(C)N(C)[C@H](C)C(=O)N[C@@H](Cc1ccc(F)c(F)c1)C(=O)NCc1ccc(N)nc1. The Labute approximate surface area is 181 Å². The largest absolute Gasteiger partial charge is 0.384 e. The number of carbonyl (C=O) groups is 2. The van der Waals surface area contributed by atoms with E-state index in [0.717, 1.165) is 17.7 Å². The lowest BCUT2D eigenvalue weighted by molar-refractivity contribution is -0.131. The van der Waals surface area contributed by atoms with E-state index >= 15 is 0 Å². The molecule has 168 valence electrons. The van der Waals surface area contributed by atoms with Crippen molar-refractivity contribution < 1.29 is 18.4 Å². The first-order valence-corrected chi connectivity index (χ1v) is 10.0. The number of nitrogens with zero attached hydrogens (tertiary/aromatic N) is 2. The fourth-order valence-electron chi connectivity index (χ4n) is 2.89. The van der Waals surface area contributed by atoms with Gasteiger partial charge in [0.15, 0.2) is 11.6 Å². The number of nitrogen functional groups attached to an aromatic ring is 1. The summed E-state index contributed by atoms with van der Waals surface area (Å²) in [5.41, 5.74) is 6.68. The number of halogens is 2. The Hall–Kier alpha value is -3.07. The van der Waals surface area contributed by atoms with Crippen LogP contribution < -0.4 is 16.4 Å². The van der Waals surface area contributed by atoms with Gasteiger partial charge in [-0.15, -0.1) is 0 Å². The molecule has 0 aliphatic rings. The van der Waals surface area contributed by atoms with Crippen molar-refractivity contribution in [2.24, 2.45) is 0 Å². The van der Waals surface area contributed by atoms with E-state index in [4.69, 9.17) is 5.73 Å². The minimum atomic E-state index is -1.01. The Bertz CT molecular complexity index is 905. The average molecular weight is 434 g/mol. The average Bonchev–Trinajstić information content (AvgIpc) is 2.73. The van der Waals surface area contributed by atoms with Crippen molar-refractivity contribution in [2.75, 3.05) is 12.8 Å². The molecule has 2 amide bonds. The van der Waals surface area contributed by atoms with Gasteiger partial charge in [0.25, 0.3) is 0 Å². The van der Waals surface area contributed by atoms with Crippen LogP contribution in [0, 0.1) is 11.6 Å².